The fraction of sp³-hybridized carbons (Fsp3) is 0.471. The largest absolute Gasteiger partial charge is 0.383 e. The van der Waals surface area contributed by atoms with Crippen molar-refractivity contribution in [1.29, 1.82) is 0 Å². The van der Waals surface area contributed by atoms with E-state index in [2.05, 4.69) is 49.6 Å². The lowest BCUT2D eigenvalue weighted by Crippen LogP contribution is -2.08. The van der Waals surface area contributed by atoms with Crippen molar-refractivity contribution in [2.75, 3.05) is 5.73 Å². The highest BCUT2D eigenvalue weighted by atomic mass is 15.2. The number of nitrogens with zero attached hydrogens (tertiary/aromatic N) is 2. The first-order valence-corrected chi connectivity index (χ1v) is 7.58. The van der Waals surface area contributed by atoms with Gasteiger partial charge in [0.15, 0.2) is 0 Å². The van der Waals surface area contributed by atoms with Gasteiger partial charge in [-0.3, -0.25) is 0 Å². The minimum Gasteiger partial charge on any atom is -0.383 e. The van der Waals surface area contributed by atoms with E-state index in [1.807, 2.05) is 0 Å². The molecule has 1 fully saturated rings. The fourth-order valence-corrected chi connectivity index (χ4v) is 2.86. The Hall–Kier alpha value is -1.77. The first-order valence-electron chi connectivity index (χ1n) is 7.58. The van der Waals surface area contributed by atoms with Crippen molar-refractivity contribution in [2.45, 2.75) is 52.0 Å². The molecule has 106 valence electrons. The zero-order chi connectivity index (χ0) is 14.3. The molecule has 2 aromatic rings. The van der Waals surface area contributed by atoms with E-state index in [0.29, 0.717) is 6.04 Å². The molecule has 0 radical (unpaired) electrons. The van der Waals surface area contributed by atoms with Crippen molar-refractivity contribution >= 4 is 5.82 Å². The van der Waals surface area contributed by atoms with Crippen LogP contribution in [0.5, 0.6) is 0 Å². The standard InChI is InChI=1S/C17H23N3/c1-4-15-19-16(17(18)20(15)11(2)3)14-9-7-13(8-10-14)12-5-6-12/h7-12H,4-6,18H2,1-3H3. The molecule has 3 rings (SSSR count). The molecule has 0 atom stereocenters. The second-order valence-electron chi connectivity index (χ2n) is 5.98. The molecule has 1 aromatic carbocycles. The summed E-state index contributed by atoms with van der Waals surface area (Å²) in [5.74, 6) is 2.65. The Morgan fingerprint density at radius 3 is 2.35 bits per heavy atom. The molecule has 1 heterocycles. The number of hydrogen-bond donors (Lipinski definition) is 1. The Labute approximate surface area is 120 Å². The number of aromatic nitrogens is 2. The van der Waals surface area contributed by atoms with Crippen molar-refractivity contribution in [3.05, 3.63) is 35.7 Å². The number of benzene rings is 1. The SMILES string of the molecule is CCc1nc(-c2ccc(C3CC3)cc2)c(N)n1C(C)C. The Kier molecular flexibility index (Phi) is 3.28. The van der Waals surface area contributed by atoms with Gasteiger partial charge in [0.05, 0.1) is 0 Å². The summed E-state index contributed by atoms with van der Waals surface area (Å²) in [4.78, 5) is 4.75. The van der Waals surface area contributed by atoms with Gasteiger partial charge in [-0.25, -0.2) is 4.98 Å². The molecule has 1 aliphatic carbocycles. The highest BCUT2D eigenvalue weighted by Crippen LogP contribution is 2.40. The van der Waals surface area contributed by atoms with Crippen LogP contribution >= 0.6 is 0 Å². The van der Waals surface area contributed by atoms with Gasteiger partial charge < -0.3 is 10.3 Å². The number of anilines is 1. The first kappa shape index (κ1) is 13.2. The number of aryl methyl sites for hydroxylation is 1. The first-order chi connectivity index (χ1) is 9.61. The molecule has 0 spiro atoms. The van der Waals surface area contributed by atoms with Gasteiger partial charge in [-0.1, -0.05) is 31.2 Å². The van der Waals surface area contributed by atoms with E-state index in [4.69, 9.17) is 10.7 Å². The zero-order valence-corrected chi connectivity index (χ0v) is 12.6. The van der Waals surface area contributed by atoms with Gasteiger partial charge >= 0.3 is 0 Å². The van der Waals surface area contributed by atoms with E-state index in [9.17, 15) is 0 Å². The van der Waals surface area contributed by atoms with E-state index >= 15 is 0 Å². The summed E-state index contributed by atoms with van der Waals surface area (Å²) in [6, 6.07) is 9.13. The van der Waals surface area contributed by atoms with Gasteiger partial charge in [0.2, 0.25) is 0 Å². The topological polar surface area (TPSA) is 43.8 Å². The van der Waals surface area contributed by atoms with Crippen LogP contribution in [0.3, 0.4) is 0 Å². The average Bonchev–Trinajstić information content (AvgIpc) is 3.22. The Morgan fingerprint density at radius 2 is 1.90 bits per heavy atom. The minimum atomic E-state index is 0.344. The number of hydrogen-bond acceptors (Lipinski definition) is 2. The highest BCUT2D eigenvalue weighted by molar-refractivity contribution is 5.71. The molecule has 0 amide bonds. The lowest BCUT2D eigenvalue weighted by Gasteiger charge is -2.12. The van der Waals surface area contributed by atoms with Crippen molar-refractivity contribution in [1.82, 2.24) is 9.55 Å². The fourth-order valence-electron chi connectivity index (χ4n) is 2.86. The van der Waals surface area contributed by atoms with Crippen LogP contribution in [0.2, 0.25) is 0 Å². The molecule has 2 N–H and O–H groups in total. The van der Waals surface area contributed by atoms with Gasteiger partial charge in [-0.15, -0.1) is 0 Å². The van der Waals surface area contributed by atoms with Crippen LogP contribution < -0.4 is 5.73 Å². The van der Waals surface area contributed by atoms with Crippen LogP contribution in [0.15, 0.2) is 24.3 Å². The van der Waals surface area contributed by atoms with Crippen LogP contribution in [-0.4, -0.2) is 9.55 Å². The van der Waals surface area contributed by atoms with Gasteiger partial charge in [0.25, 0.3) is 0 Å². The van der Waals surface area contributed by atoms with Crippen molar-refractivity contribution in [3.63, 3.8) is 0 Å². The van der Waals surface area contributed by atoms with Crippen LogP contribution in [-0.2, 0) is 6.42 Å². The van der Waals surface area contributed by atoms with Gasteiger partial charge in [0, 0.05) is 18.0 Å². The monoisotopic (exact) mass is 269 g/mol. The molecule has 0 saturated heterocycles. The van der Waals surface area contributed by atoms with E-state index in [0.717, 1.165) is 35.2 Å². The summed E-state index contributed by atoms with van der Waals surface area (Å²) in [6.07, 6.45) is 3.58. The van der Waals surface area contributed by atoms with Gasteiger partial charge in [-0.05, 0) is 38.2 Å². The molecule has 0 aliphatic heterocycles. The zero-order valence-electron chi connectivity index (χ0n) is 12.6. The smallest absolute Gasteiger partial charge is 0.131 e. The predicted molar refractivity (Wildman–Crippen MR) is 83.8 cm³/mol. The lowest BCUT2D eigenvalue weighted by molar-refractivity contribution is 0.579. The molecule has 1 aromatic heterocycles. The lowest BCUT2D eigenvalue weighted by atomic mass is 10.1. The number of nitrogen functional groups attached to an aromatic ring is 1. The highest BCUT2D eigenvalue weighted by Gasteiger charge is 2.23. The summed E-state index contributed by atoms with van der Waals surface area (Å²) in [7, 11) is 0. The quantitative estimate of drug-likeness (QED) is 0.906. The predicted octanol–water partition coefficient (Wildman–Crippen LogP) is 4.15. The van der Waals surface area contributed by atoms with Crippen LogP contribution in [0.4, 0.5) is 5.82 Å². The molecule has 20 heavy (non-hydrogen) atoms. The van der Waals surface area contributed by atoms with Gasteiger partial charge in [-0.2, -0.15) is 0 Å². The Morgan fingerprint density at radius 1 is 1.25 bits per heavy atom. The molecule has 3 heteroatoms. The van der Waals surface area contributed by atoms with E-state index in [1.54, 1.807) is 0 Å². The normalized spacial score (nSPS) is 15.0. The molecule has 0 bridgehead atoms. The molecule has 0 unspecified atom stereocenters. The second kappa shape index (κ2) is 4.97. The van der Waals surface area contributed by atoms with E-state index in [1.165, 1.54) is 18.4 Å². The third-order valence-corrected chi connectivity index (χ3v) is 4.09. The van der Waals surface area contributed by atoms with E-state index in [-0.39, 0.29) is 0 Å². The van der Waals surface area contributed by atoms with Crippen LogP contribution in [0.1, 0.15) is 57.0 Å². The van der Waals surface area contributed by atoms with Crippen molar-refractivity contribution < 1.29 is 0 Å². The molecular formula is C17H23N3. The van der Waals surface area contributed by atoms with Crippen molar-refractivity contribution in [2.24, 2.45) is 0 Å². The second-order valence-corrected chi connectivity index (χ2v) is 5.98. The van der Waals surface area contributed by atoms with Gasteiger partial charge in [0.1, 0.15) is 17.3 Å². The molecule has 1 aliphatic rings. The molecular weight excluding hydrogens is 246 g/mol. The minimum absolute atomic E-state index is 0.344. The summed E-state index contributed by atoms with van der Waals surface area (Å²) >= 11 is 0. The average molecular weight is 269 g/mol. The number of nitrogens with two attached hydrogens (primary N) is 1. The summed E-state index contributed by atoms with van der Waals surface area (Å²) in [5, 5.41) is 0. The third kappa shape index (κ3) is 2.21. The van der Waals surface area contributed by atoms with Crippen molar-refractivity contribution in [3.8, 4) is 11.3 Å². The third-order valence-electron chi connectivity index (χ3n) is 4.09. The Balaban J connectivity index is 2.00. The maximum atomic E-state index is 6.32. The van der Waals surface area contributed by atoms with Crippen LogP contribution in [0.25, 0.3) is 11.3 Å². The van der Waals surface area contributed by atoms with E-state index < -0.39 is 0 Å². The maximum absolute atomic E-state index is 6.32. The van der Waals surface area contributed by atoms with Crippen LogP contribution in [0, 0.1) is 0 Å². The summed E-state index contributed by atoms with van der Waals surface area (Å²) in [6.45, 7) is 6.43. The number of imidazole rings is 1. The molecule has 3 nitrogen and oxygen atoms in total. The Bertz CT molecular complexity index is 604. The maximum Gasteiger partial charge on any atom is 0.131 e. The molecule has 1 saturated carbocycles. The summed E-state index contributed by atoms with van der Waals surface area (Å²) < 4.78 is 2.14. The summed E-state index contributed by atoms with van der Waals surface area (Å²) in [5.41, 5.74) is 9.83. The number of rotatable bonds is 4.